The number of carbonyl (C=O) groups excluding carboxylic acids is 1. The number of carbonyl (C=O) groups is 1. The lowest BCUT2D eigenvalue weighted by Crippen LogP contribution is -2.32. The van der Waals surface area contributed by atoms with E-state index in [1.54, 1.807) is 17.9 Å². The number of nitrogens with zero attached hydrogens (tertiary/aromatic N) is 5. The number of benzene rings is 1. The average Bonchev–Trinajstić information content (AvgIpc) is 3.53. The Morgan fingerprint density at radius 3 is 2.74 bits per heavy atom. The Labute approximate surface area is 200 Å². The quantitative estimate of drug-likeness (QED) is 0.418. The highest BCUT2D eigenvalue weighted by Gasteiger charge is 2.36. The molecule has 1 aromatic carbocycles. The van der Waals surface area contributed by atoms with Gasteiger partial charge in [0.05, 0.1) is 5.69 Å². The highest BCUT2D eigenvalue weighted by atomic mass is 19.4. The van der Waals surface area contributed by atoms with Crippen LogP contribution in [0.2, 0.25) is 0 Å². The number of amides is 1. The van der Waals surface area contributed by atoms with E-state index in [4.69, 9.17) is 4.74 Å². The summed E-state index contributed by atoms with van der Waals surface area (Å²) in [7, 11) is 2.00. The van der Waals surface area contributed by atoms with Gasteiger partial charge in [0, 0.05) is 54.4 Å². The molecule has 1 aliphatic heterocycles. The Kier molecular flexibility index (Phi) is 5.69. The third kappa shape index (κ3) is 4.33. The van der Waals surface area contributed by atoms with Gasteiger partial charge in [0.15, 0.2) is 12.3 Å². The first kappa shape index (κ1) is 23.2. The molecule has 1 saturated heterocycles. The summed E-state index contributed by atoms with van der Waals surface area (Å²) in [5, 5.41) is 5.27. The summed E-state index contributed by atoms with van der Waals surface area (Å²) in [6.45, 7) is 4.56. The summed E-state index contributed by atoms with van der Waals surface area (Å²) in [5.41, 5.74) is 2.43. The zero-order chi connectivity index (χ0) is 24.9. The molecule has 0 aliphatic carbocycles. The fraction of sp³-hybridized carbons (Fsp3) is 0.400. The van der Waals surface area contributed by atoms with Crippen molar-refractivity contribution in [2.45, 2.75) is 38.8 Å². The number of aromatic nitrogens is 4. The van der Waals surface area contributed by atoms with Gasteiger partial charge in [-0.2, -0.15) is 18.3 Å². The van der Waals surface area contributed by atoms with Crippen LogP contribution >= 0.6 is 0 Å². The van der Waals surface area contributed by atoms with Crippen LogP contribution in [0, 0.1) is 6.92 Å². The smallest absolute Gasteiger partial charge is 0.433 e. The van der Waals surface area contributed by atoms with Crippen molar-refractivity contribution in [1.82, 2.24) is 24.1 Å². The highest BCUT2D eigenvalue weighted by Crippen LogP contribution is 2.32. The molecule has 1 fully saturated rings. The first-order valence-corrected chi connectivity index (χ1v) is 11.6. The molecule has 35 heavy (non-hydrogen) atoms. The highest BCUT2D eigenvalue weighted by molar-refractivity contribution is 5.83. The monoisotopic (exact) mass is 485 g/mol. The van der Waals surface area contributed by atoms with Crippen molar-refractivity contribution in [3.8, 4) is 5.75 Å². The zero-order valence-electron chi connectivity index (χ0n) is 19.8. The van der Waals surface area contributed by atoms with Gasteiger partial charge in [0.1, 0.15) is 11.4 Å². The minimum atomic E-state index is -4.54. The van der Waals surface area contributed by atoms with E-state index in [1.807, 2.05) is 32.2 Å². The van der Waals surface area contributed by atoms with E-state index in [1.165, 1.54) is 0 Å². The maximum atomic E-state index is 13.6. The second-order valence-electron chi connectivity index (χ2n) is 9.00. The predicted molar refractivity (Wildman–Crippen MR) is 124 cm³/mol. The van der Waals surface area contributed by atoms with Crippen molar-refractivity contribution in [3.63, 3.8) is 0 Å². The molecule has 184 valence electrons. The molecule has 3 aromatic heterocycles. The van der Waals surface area contributed by atoms with Gasteiger partial charge >= 0.3 is 6.18 Å². The molecule has 0 bridgehead atoms. The van der Waals surface area contributed by atoms with E-state index in [2.05, 4.69) is 20.7 Å². The van der Waals surface area contributed by atoms with Crippen LogP contribution in [-0.2, 0) is 24.4 Å². The van der Waals surface area contributed by atoms with Crippen LogP contribution in [0.25, 0.3) is 16.6 Å². The van der Waals surface area contributed by atoms with Crippen LogP contribution in [0.1, 0.15) is 42.0 Å². The molecule has 1 aliphatic rings. The van der Waals surface area contributed by atoms with Crippen molar-refractivity contribution >= 4 is 22.5 Å². The number of fused-ring (bicyclic) bond motifs is 2. The molecule has 0 saturated carbocycles. The minimum absolute atomic E-state index is 0.102. The second-order valence-corrected chi connectivity index (χ2v) is 9.00. The topological polar surface area (TPSA) is 64.7 Å². The van der Waals surface area contributed by atoms with Crippen LogP contribution in [-0.4, -0.2) is 49.7 Å². The molecule has 0 N–H and O–H groups in total. The Morgan fingerprint density at radius 1 is 1.20 bits per heavy atom. The van der Waals surface area contributed by atoms with E-state index < -0.39 is 11.9 Å². The van der Waals surface area contributed by atoms with E-state index in [0.717, 1.165) is 27.2 Å². The molecule has 4 heterocycles. The molecule has 0 radical (unpaired) electrons. The van der Waals surface area contributed by atoms with Gasteiger partial charge in [-0.1, -0.05) is 6.92 Å². The molecule has 5 rings (SSSR count). The molecule has 1 atom stereocenters. The summed E-state index contributed by atoms with van der Waals surface area (Å²) in [5.74, 6) is 0.295. The molecular weight excluding hydrogens is 459 g/mol. The van der Waals surface area contributed by atoms with Gasteiger partial charge in [0.25, 0.3) is 5.91 Å². The van der Waals surface area contributed by atoms with Crippen molar-refractivity contribution in [2.75, 3.05) is 19.7 Å². The number of ether oxygens (including phenoxy) is 1. The van der Waals surface area contributed by atoms with Crippen LogP contribution in [0.3, 0.4) is 0 Å². The summed E-state index contributed by atoms with van der Waals surface area (Å²) in [4.78, 5) is 18.7. The molecule has 0 spiro atoms. The largest absolute Gasteiger partial charge is 0.484 e. The van der Waals surface area contributed by atoms with Crippen LogP contribution in [0.4, 0.5) is 13.2 Å². The van der Waals surface area contributed by atoms with Crippen molar-refractivity contribution in [3.05, 3.63) is 59.2 Å². The molecule has 10 heteroatoms. The molecular formula is C25H26F3N5O2. The Morgan fingerprint density at radius 2 is 2.00 bits per heavy atom. The standard InChI is InChI=1S/C25H26F3N5O2/c1-4-18-11-22(25(26,27)28)33-23(29-18)12-20(30-33)16-7-8-32(13-16)24(34)14-35-19-5-6-21-17(10-19)9-15(2)31(21)3/h5-6,9-12,16H,4,7-8,13-14H2,1-3H3/t16-/m0/s1. The summed E-state index contributed by atoms with van der Waals surface area (Å²) in [6.07, 6.45) is -3.53. The van der Waals surface area contributed by atoms with Crippen molar-refractivity contribution in [2.24, 2.45) is 7.05 Å². The lowest BCUT2D eigenvalue weighted by Gasteiger charge is -2.16. The fourth-order valence-corrected chi connectivity index (χ4v) is 4.65. The Hall–Kier alpha value is -3.56. The van der Waals surface area contributed by atoms with Gasteiger partial charge < -0.3 is 14.2 Å². The van der Waals surface area contributed by atoms with E-state index in [0.29, 0.717) is 43.1 Å². The first-order valence-electron chi connectivity index (χ1n) is 11.6. The van der Waals surface area contributed by atoms with Crippen molar-refractivity contribution < 1.29 is 22.7 Å². The lowest BCUT2D eigenvalue weighted by molar-refractivity contribution is -0.142. The number of rotatable bonds is 5. The van der Waals surface area contributed by atoms with Crippen LogP contribution in [0.5, 0.6) is 5.75 Å². The van der Waals surface area contributed by atoms with E-state index in [9.17, 15) is 18.0 Å². The Bertz CT molecular complexity index is 1420. The second kappa shape index (κ2) is 8.58. The minimum Gasteiger partial charge on any atom is -0.484 e. The van der Waals surface area contributed by atoms with Crippen molar-refractivity contribution in [1.29, 1.82) is 0 Å². The maximum absolute atomic E-state index is 13.6. The van der Waals surface area contributed by atoms with Crippen LogP contribution < -0.4 is 4.74 Å². The molecule has 7 nitrogen and oxygen atoms in total. The molecule has 1 amide bonds. The third-order valence-corrected chi connectivity index (χ3v) is 6.73. The summed E-state index contributed by atoms with van der Waals surface area (Å²) in [6, 6.07) is 10.4. The average molecular weight is 486 g/mol. The van der Waals surface area contributed by atoms with Gasteiger partial charge in [-0.15, -0.1) is 0 Å². The lowest BCUT2D eigenvalue weighted by atomic mass is 10.1. The number of hydrogen-bond donors (Lipinski definition) is 0. The van der Waals surface area contributed by atoms with E-state index in [-0.39, 0.29) is 24.1 Å². The third-order valence-electron chi connectivity index (χ3n) is 6.73. The number of halogens is 3. The Balaban J connectivity index is 1.27. The van der Waals surface area contributed by atoms with Gasteiger partial charge in [-0.3, -0.25) is 4.79 Å². The molecule has 0 unspecified atom stereocenters. The first-order chi connectivity index (χ1) is 16.6. The van der Waals surface area contributed by atoms with E-state index >= 15 is 0 Å². The number of hydrogen-bond acceptors (Lipinski definition) is 4. The maximum Gasteiger partial charge on any atom is 0.433 e. The van der Waals surface area contributed by atoms with Gasteiger partial charge in [-0.05, 0) is 50.1 Å². The number of alkyl halides is 3. The van der Waals surface area contributed by atoms with Crippen LogP contribution in [0.15, 0.2) is 36.4 Å². The fourth-order valence-electron chi connectivity index (χ4n) is 4.65. The summed E-state index contributed by atoms with van der Waals surface area (Å²) < 4.78 is 49.4. The summed E-state index contributed by atoms with van der Waals surface area (Å²) >= 11 is 0. The zero-order valence-corrected chi connectivity index (χ0v) is 19.8. The SMILES string of the molecule is CCc1cc(C(F)(F)F)n2nc([C@H]3CCN(C(=O)COc4ccc5c(c4)cc(C)n5C)C3)cc2n1. The number of aryl methyl sites for hydroxylation is 3. The van der Waals surface area contributed by atoms with Gasteiger partial charge in [0.2, 0.25) is 0 Å². The molecule has 4 aromatic rings. The normalized spacial score (nSPS) is 16.5. The number of likely N-dealkylation sites (tertiary alicyclic amines) is 1. The predicted octanol–water partition coefficient (Wildman–Crippen LogP) is 4.51. The van der Waals surface area contributed by atoms with Gasteiger partial charge in [-0.25, -0.2) is 9.50 Å².